The van der Waals surface area contributed by atoms with Crippen LogP contribution in [0, 0.1) is 0 Å². The van der Waals surface area contributed by atoms with E-state index in [-0.39, 0.29) is 30.7 Å². The van der Waals surface area contributed by atoms with Crippen molar-refractivity contribution in [3.63, 3.8) is 0 Å². The second-order valence-corrected chi connectivity index (χ2v) is 6.50. The van der Waals surface area contributed by atoms with Gasteiger partial charge in [-0.25, -0.2) is 0 Å². The molecule has 1 aliphatic rings. The Morgan fingerprint density at radius 2 is 1.58 bits per heavy atom. The zero-order chi connectivity index (χ0) is 18.7. The summed E-state index contributed by atoms with van der Waals surface area (Å²) in [6.07, 6.45) is 1.04. The molecule has 2 aromatic carbocycles. The average molecular weight is 350 g/mol. The molecule has 3 amide bonds. The molecule has 26 heavy (non-hydrogen) atoms. The van der Waals surface area contributed by atoms with Crippen molar-refractivity contribution in [3.8, 4) is 0 Å². The van der Waals surface area contributed by atoms with Crippen LogP contribution in [0.15, 0.2) is 48.5 Å². The molecule has 5 heteroatoms. The van der Waals surface area contributed by atoms with Gasteiger partial charge < -0.3 is 5.32 Å². The first-order chi connectivity index (χ1) is 12.5. The van der Waals surface area contributed by atoms with E-state index in [0.29, 0.717) is 17.0 Å². The Hall–Kier alpha value is -2.95. The number of hydrogen-bond donors (Lipinski definition) is 1. The standard InChI is InChI=1S/C21H22N2O3/c1-3-14(2)15-8-6-7-11-18(15)22-19(24)12-13-23-20(25)16-9-4-5-10-17(16)21(23)26/h4-11,14H,3,12-13H2,1-2H3,(H,22,24)/t14-/m0/s1. The molecule has 0 aliphatic carbocycles. The summed E-state index contributed by atoms with van der Waals surface area (Å²) in [6, 6.07) is 14.4. The van der Waals surface area contributed by atoms with E-state index in [1.807, 2.05) is 24.3 Å². The van der Waals surface area contributed by atoms with Crippen molar-refractivity contribution in [2.75, 3.05) is 11.9 Å². The smallest absolute Gasteiger partial charge is 0.261 e. The van der Waals surface area contributed by atoms with E-state index in [1.165, 1.54) is 0 Å². The fourth-order valence-corrected chi connectivity index (χ4v) is 3.13. The maximum atomic E-state index is 12.4. The molecule has 0 bridgehead atoms. The van der Waals surface area contributed by atoms with E-state index in [2.05, 4.69) is 19.2 Å². The Bertz CT molecular complexity index is 825. The average Bonchev–Trinajstić information content (AvgIpc) is 2.91. The first kappa shape index (κ1) is 17.9. The van der Waals surface area contributed by atoms with Crippen LogP contribution >= 0.6 is 0 Å². The fraction of sp³-hybridized carbons (Fsp3) is 0.286. The highest BCUT2D eigenvalue weighted by Crippen LogP contribution is 2.27. The summed E-state index contributed by atoms with van der Waals surface area (Å²) in [5, 5.41) is 2.91. The summed E-state index contributed by atoms with van der Waals surface area (Å²) in [5.41, 5.74) is 2.68. The molecule has 2 aromatic rings. The van der Waals surface area contributed by atoms with Crippen LogP contribution in [0.25, 0.3) is 0 Å². The third-order valence-corrected chi connectivity index (χ3v) is 4.82. The third-order valence-electron chi connectivity index (χ3n) is 4.82. The summed E-state index contributed by atoms with van der Waals surface area (Å²) in [4.78, 5) is 38.2. The highest BCUT2D eigenvalue weighted by atomic mass is 16.2. The Kier molecular flexibility index (Phi) is 5.16. The maximum absolute atomic E-state index is 12.4. The van der Waals surface area contributed by atoms with Gasteiger partial charge in [0.2, 0.25) is 5.91 Å². The predicted octanol–water partition coefficient (Wildman–Crippen LogP) is 3.82. The normalized spacial score (nSPS) is 14.3. The van der Waals surface area contributed by atoms with Gasteiger partial charge in [0.1, 0.15) is 0 Å². The van der Waals surface area contributed by atoms with Crippen LogP contribution in [0.3, 0.4) is 0 Å². The van der Waals surface area contributed by atoms with Crippen LogP contribution in [0.1, 0.15) is 58.9 Å². The SMILES string of the molecule is CC[C@H](C)c1ccccc1NC(=O)CCN1C(=O)c2ccccc2C1=O. The molecule has 0 spiro atoms. The van der Waals surface area contributed by atoms with Crippen LogP contribution < -0.4 is 5.32 Å². The van der Waals surface area contributed by atoms with Crippen molar-refractivity contribution < 1.29 is 14.4 Å². The van der Waals surface area contributed by atoms with Crippen molar-refractivity contribution in [3.05, 3.63) is 65.2 Å². The van der Waals surface area contributed by atoms with Gasteiger partial charge in [0.05, 0.1) is 11.1 Å². The minimum Gasteiger partial charge on any atom is -0.326 e. The predicted molar refractivity (Wildman–Crippen MR) is 100 cm³/mol. The molecule has 5 nitrogen and oxygen atoms in total. The number of imide groups is 1. The fourth-order valence-electron chi connectivity index (χ4n) is 3.13. The molecule has 0 saturated carbocycles. The van der Waals surface area contributed by atoms with Crippen LogP contribution in [-0.2, 0) is 4.79 Å². The summed E-state index contributed by atoms with van der Waals surface area (Å²) >= 11 is 0. The number of amides is 3. The van der Waals surface area contributed by atoms with Crippen molar-refractivity contribution in [1.82, 2.24) is 4.90 Å². The number of nitrogens with one attached hydrogen (secondary N) is 1. The number of carbonyl (C=O) groups is 3. The highest BCUT2D eigenvalue weighted by Gasteiger charge is 2.34. The minimum absolute atomic E-state index is 0.0698. The highest BCUT2D eigenvalue weighted by molar-refractivity contribution is 6.21. The van der Waals surface area contributed by atoms with Gasteiger partial charge in [0.25, 0.3) is 11.8 Å². The number of benzene rings is 2. The van der Waals surface area contributed by atoms with Gasteiger partial charge >= 0.3 is 0 Å². The molecule has 1 heterocycles. The van der Waals surface area contributed by atoms with Crippen LogP contribution in [-0.4, -0.2) is 29.2 Å². The summed E-state index contributed by atoms with van der Waals surface area (Å²) in [5.74, 6) is -0.545. The van der Waals surface area contributed by atoms with E-state index in [4.69, 9.17) is 0 Å². The van der Waals surface area contributed by atoms with Crippen molar-refractivity contribution >= 4 is 23.4 Å². The summed E-state index contributed by atoms with van der Waals surface area (Å²) in [7, 11) is 0. The van der Waals surface area contributed by atoms with Crippen molar-refractivity contribution in [2.24, 2.45) is 0 Å². The van der Waals surface area contributed by atoms with E-state index in [0.717, 1.165) is 22.6 Å². The molecule has 0 aromatic heterocycles. The quantitative estimate of drug-likeness (QED) is 0.805. The lowest BCUT2D eigenvalue weighted by atomic mass is 9.97. The number of carbonyl (C=O) groups excluding carboxylic acids is 3. The number of rotatable bonds is 6. The molecule has 3 rings (SSSR count). The molecule has 0 unspecified atom stereocenters. The maximum Gasteiger partial charge on any atom is 0.261 e. The van der Waals surface area contributed by atoms with Gasteiger partial charge in [0.15, 0.2) is 0 Å². The van der Waals surface area contributed by atoms with Gasteiger partial charge in [0, 0.05) is 18.7 Å². The van der Waals surface area contributed by atoms with Crippen molar-refractivity contribution in [2.45, 2.75) is 32.6 Å². The molecule has 1 atom stereocenters. The largest absolute Gasteiger partial charge is 0.326 e. The van der Waals surface area contributed by atoms with Crippen LogP contribution in [0.5, 0.6) is 0 Å². The number of nitrogens with zero attached hydrogens (tertiary/aromatic N) is 1. The lowest BCUT2D eigenvalue weighted by Crippen LogP contribution is -2.33. The van der Waals surface area contributed by atoms with Gasteiger partial charge in [-0.1, -0.05) is 44.2 Å². The van der Waals surface area contributed by atoms with E-state index in [1.54, 1.807) is 24.3 Å². The summed E-state index contributed by atoms with van der Waals surface area (Å²) in [6.45, 7) is 4.29. The topological polar surface area (TPSA) is 66.5 Å². The van der Waals surface area contributed by atoms with Gasteiger partial charge in [-0.3, -0.25) is 19.3 Å². The number of para-hydroxylation sites is 1. The molecular formula is C21H22N2O3. The first-order valence-electron chi connectivity index (χ1n) is 8.87. The Morgan fingerprint density at radius 3 is 2.19 bits per heavy atom. The van der Waals surface area contributed by atoms with E-state index >= 15 is 0 Å². The zero-order valence-corrected chi connectivity index (χ0v) is 15.0. The van der Waals surface area contributed by atoms with Crippen LogP contribution in [0.2, 0.25) is 0 Å². The monoisotopic (exact) mass is 350 g/mol. The van der Waals surface area contributed by atoms with E-state index < -0.39 is 0 Å². The molecule has 0 radical (unpaired) electrons. The molecule has 134 valence electrons. The molecule has 1 aliphatic heterocycles. The molecule has 1 N–H and O–H groups in total. The minimum atomic E-state index is -0.335. The summed E-state index contributed by atoms with van der Waals surface area (Å²) < 4.78 is 0. The van der Waals surface area contributed by atoms with Gasteiger partial charge in [-0.2, -0.15) is 0 Å². The van der Waals surface area contributed by atoms with Gasteiger partial charge in [-0.15, -0.1) is 0 Å². The second kappa shape index (κ2) is 7.52. The van der Waals surface area contributed by atoms with Crippen molar-refractivity contribution in [1.29, 1.82) is 0 Å². The number of fused-ring (bicyclic) bond motifs is 1. The number of hydrogen-bond acceptors (Lipinski definition) is 3. The third kappa shape index (κ3) is 3.38. The number of anilines is 1. The molecule has 0 fully saturated rings. The Morgan fingerprint density at radius 1 is 1.00 bits per heavy atom. The second-order valence-electron chi connectivity index (χ2n) is 6.50. The molecule has 0 saturated heterocycles. The van der Waals surface area contributed by atoms with Crippen LogP contribution in [0.4, 0.5) is 5.69 Å². The first-order valence-corrected chi connectivity index (χ1v) is 8.87. The lowest BCUT2D eigenvalue weighted by molar-refractivity contribution is -0.116. The lowest BCUT2D eigenvalue weighted by Gasteiger charge is -2.17. The molecular weight excluding hydrogens is 328 g/mol. The Labute approximate surface area is 153 Å². The van der Waals surface area contributed by atoms with Gasteiger partial charge in [-0.05, 0) is 36.1 Å². The zero-order valence-electron chi connectivity index (χ0n) is 15.0. The Balaban J connectivity index is 1.64. The van der Waals surface area contributed by atoms with E-state index in [9.17, 15) is 14.4 Å².